The first-order valence-electron chi connectivity index (χ1n) is 6.59. The third kappa shape index (κ3) is 4.47. The van der Waals surface area contributed by atoms with E-state index in [9.17, 15) is 9.59 Å². The summed E-state index contributed by atoms with van der Waals surface area (Å²) < 4.78 is 10.1. The van der Waals surface area contributed by atoms with Crippen molar-refractivity contribution >= 4 is 0 Å². The maximum absolute atomic E-state index is 11.2. The van der Waals surface area contributed by atoms with E-state index in [1.54, 1.807) is 0 Å². The molecule has 0 atom stereocenters. The first-order valence-corrected chi connectivity index (χ1v) is 6.59. The van der Waals surface area contributed by atoms with Gasteiger partial charge < -0.3 is 29.7 Å². The molecule has 0 saturated carbocycles. The van der Waals surface area contributed by atoms with E-state index in [0.717, 1.165) is 12.5 Å². The van der Waals surface area contributed by atoms with Crippen LogP contribution in [0, 0.1) is 0 Å². The van der Waals surface area contributed by atoms with Crippen molar-refractivity contribution in [2.24, 2.45) is 0 Å². The summed E-state index contributed by atoms with van der Waals surface area (Å²) in [5.41, 5.74) is -0.966. The van der Waals surface area contributed by atoms with Crippen LogP contribution in [0.1, 0.15) is 11.5 Å². The molecule has 0 bridgehead atoms. The third-order valence-corrected chi connectivity index (χ3v) is 2.81. The van der Waals surface area contributed by atoms with Gasteiger partial charge in [-0.25, -0.2) is 0 Å². The summed E-state index contributed by atoms with van der Waals surface area (Å²) in [5, 5.41) is 24.2. The predicted molar refractivity (Wildman–Crippen MR) is 76.7 cm³/mol. The van der Waals surface area contributed by atoms with Crippen molar-refractivity contribution in [3.63, 3.8) is 0 Å². The molecule has 0 aromatic carbocycles. The lowest BCUT2D eigenvalue weighted by Crippen LogP contribution is -2.27. The van der Waals surface area contributed by atoms with Crippen molar-refractivity contribution < 1.29 is 19.0 Å². The van der Waals surface area contributed by atoms with Crippen LogP contribution in [-0.2, 0) is 13.1 Å². The lowest BCUT2D eigenvalue weighted by atomic mass is 10.3. The highest BCUT2D eigenvalue weighted by Crippen LogP contribution is 2.03. The van der Waals surface area contributed by atoms with E-state index in [-0.39, 0.29) is 0 Å². The van der Waals surface area contributed by atoms with Crippen molar-refractivity contribution in [3.8, 4) is 11.5 Å². The Kier molecular flexibility index (Phi) is 5.34. The maximum atomic E-state index is 11.2. The molecule has 0 aliphatic heterocycles. The van der Waals surface area contributed by atoms with Gasteiger partial charge in [0.15, 0.2) is 11.5 Å². The van der Waals surface area contributed by atoms with Crippen molar-refractivity contribution in [2.45, 2.75) is 13.1 Å². The van der Waals surface area contributed by atoms with Gasteiger partial charge in [-0.15, -0.1) is 0 Å². The molecule has 8 nitrogen and oxygen atoms in total. The number of nitrogens with one attached hydrogen (secondary N) is 2. The van der Waals surface area contributed by atoms with E-state index in [2.05, 4.69) is 10.6 Å². The first-order chi connectivity index (χ1) is 10.6. The Bertz CT molecular complexity index is 673. The van der Waals surface area contributed by atoms with Crippen molar-refractivity contribution in [1.82, 2.24) is 10.6 Å². The molecular formula is C14H16N2O6. The molecule has 0 saturated heterocycles. The fraction of sp³-hybridized carbons (Fsp3) is 0.286. The summed E-state index contributed by atoms with van der Waals surface area (Å²) in [7, 11) is 0. The van der Waals surface area contributed by atoms with Crippen LogP contribution in [0.5, 0.6) is 11.5 Å². The van der Waals surface area contributed by atoms with E-state index < -0.39 is 22.4 Å². The summed E-state index contributed by atoms with van der Waals surface area (Å²) in [4.78, 5) is 22.4. The van der Waals surface area contributed by atoms with E-state index in [4.69, 9.17) is 19.0 Å². The number of hydrogen-bond donors (Lipinski definition) is 4. The van der Waals surface area contributed by atoms with Crippen LogP contribution in [-0.4, -0.2) is 23.3 Å². The van der Waals surface area contributed by atoms with Crippen LogP contribution in [0.2, 0.25) is 0 Å². The minimum atomic E-state index is -0.483. The van der Waals surface area contributed by atoms with Gasteiger partial charge in [-0.3, -0.25) is 9.59 Å². The molecule has 0 spiro atoms. The molecule has 22 heavy (non-hydrogen) atoms. The number of rotatable bonds is 7. The predicted octanol–water partition coefficient (Wildman–Crippen LogP) is -0.116. The Morgan fingerprint density at radius 3 is 1.59 bits per heavy atom. The van der Waals surface area contributed by atoms with Crippen LogP contribution in [0.4, 0.5) is 0 Å². The van der Waals surface area contributed by atoms with Crippen LogP contribution in [0.25, 0.3) is 0 Å². The monoisotopic (exact) mass is 308 g/mol. The molecule has 2 aromatic heterocycles. The van der Waals surface area contributed by atoms with Gasteiger partial charge in [0.05, 0.1) is 13.1 Å². The quantitative estimate of drug-likeness (QED) is 0.522. The molecule has 0 unspecified atom stereocenters. The highest BCUT2D eigenvalue weighted by atomic mass is 16.4. The second kappa shape index (κ2) is 7.43. The standard InChI is InChI=1S/C14H16N2O6/c17-11-3-9(21-7-13(11)19)5-15-1-2-16-6-10-4-12(18)14(20)8-22-10/h3-4,7-8,15-16,19-20H,1-2,5-6H2. The first kappa shape index (κ1) is 15.8. The van der Waals surface area contributed by atoms with Crippen LogP contribution >= 0.6 is 0 Å². The lowest BCUT2D eigenvalue weighted by Gasteiger charge is -2.06. The van der Waals surface area contributed by atoms with E-state index in [1.165, 1.54) is 12.1 Å². The average molecular weight is 308 g/mol. The van der Waals surface area contributed by atoms with E-state index >= 15 is 0 Å². The smallest absolute Gasteiger partial charge is 0.226 e. The highest BCUT2D eigenvalue weighted by molar-refractivity contribution is 5.16. The number of hydrogen-bond acceptors (Lipinski definition) is 8. The third-order valence-electron chi connectivity index (χ3n) is 2.81. The Hall–Kier alpha value is -2.58. The Morgan fingerprint density at radius 2 is 1.23 bits per heavy atom. The zero-order valence-electron chi connectivity index (χ0n) is 11.7. The zero-order chi connectivity index (χ0) is 15.9. The van der Waals surface area contributed by atoms with Gasteiger partial charge in [0.2, 0.25) is 10.9 Å². The molecule has 8 heteroatoms. The topological polar surface area (TPSA) is 125 Å². The van der Waals surface area contributed by atoms with Gasteiger partial charge >= 0.3 is 0 Å². The van der Waals surface area contributed by atoms with Crippen LogP contribution in [0.15, 0.2) is 43.1 Å². The molecule has 118 valence electrons. The molecule has 2 aromatic rings. The minimum Gasteiger partial charge on any atom is -0.502 e. The van der Waals surface area contributed by atoms with Gasteiger partial charge in [-0.2, -0.15) is 0 Å². The molecular weight excluding hydrogens is 292 g/mol. The Labute approximate surface area is 125 Å². The molecule has 4 N–H and O–H groups in total. The SMILES string of the molecule is O=c1cc(CNCCNCc2cc(=O)c(O)co2)occ1O. The van der Waals surface area contributed by atoms with E-state index in [0.29, 0.717) is 37.7 Å². The summed E-state index contributed by atoms with van der Waals surface area (Å²) in [6, 6.07) is 2.45. The lowest BCUT2D eigenvalue weighted by molar-refractivity contribution is 0.400. The Balaban J connectivity index is 1.67. The molecule has 2 rings (SSSR count). The summed E-state index contributed by atoms with van der Waals surface area (Å²) in [5.74, 6) is 0.0151. The van der Waals surface area contributed by atoms with E-state index in [1.807, 2.05) is 0 Å². The van der Waals surface area contributed by atoms with Crippen molar-refractivity contribution in [1.29, 1.82) is 0 Å². The number of aromatic hydroxyl groups is 2. The molecule has 2 heterocycles. The minimum absolute atomic E-state index is 0.353. The molecule has 0 aliphatic rings. The van der Waals surface area contributed by atoms with Gasteiger partial charge in [0, 0.05) is 25.2 Å². The molecule has 0 radical (unpaired) electrons. The summed E-state index contributed by atoms with van der Waals surface area (Å²) >= 11 is 0. The second-order valence-electron chi connectivity index (χ2n) is 4.55. The molecule has 0 amide bonds. The van der Waals surface area contributed by atoms with Gasteiger partial charge in [-0.1, -0.05) is 0 Å². The maximum Gasteiger partial charge on any atom is 0.226 e. The second-order valence-corrected chi connectivity index (χ2v) is 4.55. The van der Waals surface area contributed by atoms with Crippen LogP contribution in [0.3, 0.4) is 0 Å². The highest BCUT2D eigenvalue weighted by Gasteiger charge is 2.02. The van der Waals surface area contributed by atoms with Gasteiger partial charge in [-0.05, 0) is 0 Å². The Morgan fingerprint density at radius 1 is 0.818 bits per heavy atom. The molecule has 0 aliphatic carbocycles. The van der Waals surface area contributed by atoms with Crippen molar-refractivity contribution in [3.05, 3.63) is 56.6 Å². The zero-order valence-corrected chi connectivity index (χ0v) is 11.7. The fourth-order valence-corrected chi connectivity index (χ4v) is 1.67. The summed E-state index contributed by atoms with van der Waals surface area (Å²) in [6.45, 7) is 1.89. The normalized spacial score (nSPS) is 10.7. The average Bonchev–Trinajstić information content (AvgIpc) is 2.50. The fourth-order valence-electron chi connectivity index (χ4n) is 1.67. The van der Waals surface area contributed by atoms with Crippen molar-refractivity contribution in [2.75, 3.05) is 13.1 Å². The van der Waals surface area contributed by atoms with Gasteiger partial charge in [0.1, 0.15) is 24.0 Å². The largest absolute Gasteiger partial charge is 0.502 e. The van der Waals surface area contributed by atoms with Gasteiger partial charge in [0.25, 0.3) is 0 Å². The van der Waals surface area contributed by atoms with Crippen LogP contribution < -0.4 is 21.5 Å². The molecule has 0 fully saturated rings. The summed E-state index contributed by atoms with van der Waals surface area (Å²) in [6.07, 6.45) is 2.01.